The molecule has 3 aliphatic rings. The molecule has 4 heterocycles. The van der Waals surface area contributed by atoms with Crippen LogP contribution in [-0.4, -0.2) is 50.0 Å². The lowest BCUT2D eigenvalue weighted by Crippen LogP contribution is -2.57. The lowest BCUT2D eigenvalue weighted by atomic mass is 9.75. The molecule has 0 radical (unpaired) electrons. The Morgan fingerprint density at radius 2 is 2.03 bits per heavy atom. The van der Waals surface area contributed by atoms with Crippen LogP contribution in [0.3, 0.4) is 0 Å². The summed E-state index contributed by atoms with van der Waals surface area (Å²) in [6.07, 6.45) is 4.01. The number of nitrogens with zero attached hydrogens (tertiary/aromatic N) is 4. The quantitative estimate of drug-likeness (QED) is 0.644. The number of piperidine rings is 3. The van der Waals surface area contributed by atoms with Crippen molar-refractivity contribution in [1.29, 1.82) is 0 Å². The van der Waals surface area contributed by atoms with Crippen molar-refractivity contribution in [3.05, 3.63) is 66.4 Å². The highest BCUT2D eigenvalue weighted by Gasteiger charge is 2.43. The Hall–Kier alpha value is -3.19. The minimum absolute atomic E-state index is 0.0623. The minimum atomic E-state index is 0.0623. The number of aromatic nitrogens is 3. The average Bonchev–Trinajstić information content (AvgIpc) is 3.27. The summed E-state index contributed by atoms with van der Waals surface area (Å²) in [5, 5.41) is 21.4. The number of carbonyl (C=O) groups excluding carboxylic acids is 1. The fourth-order valence-electron chi connectivity index (χ4n) is 4.94. The van der Waals surface area contributed by atoms with E-state index in [4.69, 9.17) is 0 Å². The number of hydrogen-bond donors (Lipinski definition) is 2. The van der Waals surface area contributed by atoms with E-state index in [2.05, 4.69) is 20.5 Å². The molecule has 2 aromatic carbocycles. The Morgan fingerprint density at radius 1 is 1.16 bits per heavy atom. The molecule has 2 bridgehead atoms. The molecule has 1 amide bonds. The molecule has 1 unspecified atom stereocenters. The van der Waals surface area contributed by atoms with Crippen molar-refractivity contribution >= 4 is 5.91 Å². The van der Waals surface area contributed by atoms with Gasteiger partial charge in [-0.25, -0.2) is 0 Å². The third kappa shape index (κ3) is 4.32. The molecule has 0 aliphatic carbocycles. The maximum Gasteiger partial charge on any atom is 0.224 e. The van der Waals surface area contributed by atoms with Crippen molar-refractivity contribution in [1.82, 2.24) is 25.2 Å². The molecule has 3 fully saturated rings. The summed E-state index contributed by atoms with van der Waals surface area (Å²) in [4.78, 5) is 15.3. The van der Waals surface area contributed by atoms with E-state index in [9.17, 15) is 9.90 Å². The first-order chi connectivity index (χ1) is 15.2. The van der Waals surface area contributed by atoms with E-state index in [1.165, 1.54) is 0 Å². The molecular weight excluding hydrogens is 390 g/mol. The van der Waals surface area contributed by atoms with Crippen LogP contribution < -0.4 is 5.32 Å². The van der Waals surface area contributed by atoms with E-state index >= 15 is 0 Å². The summed E-state index contributed by atoms with van der Waals surface area (Å²) in [6.45, 7) is 3.19. The maximum absolute atomic E-state index is 12.8. The Labute approximate surface area is 181 Å². The minimum Gasteiger partial charge on any atom is -0.508 e. The van der Waals surface area contributed by atoms with E-state index in [0.717, 1.165) is 49.3 Å². The van der Waals surface area contributed by atoms with Crippen molar-refractivity contribution < 1.29 is 9.90 Å². The van der Waals surface area contributed by atoms with Crippen molar-refractivity contribution in [2.24, 2.45) is 11.8 Å². The molecule has 3 aliphatic heterocycles. The second-order valence-electron chi connectivity index (χ2n) is 8.62. The predicted molar refractivity (Wildman–Crippen MR) is 117 cm³/mol. The summed E-state index contributed by atoms with van der Waals surface area (Å²) in [6, 6.07) is 17.5. The molecule has 7 heteroatoms. The average molecular weight is 418 g/mol. The number of aromatic hydroxyl groups is 1. The lowest BCUT2D eigenvalue weighted by Gasteiger charge is -2.49. The van der Waals surface area contributed by atoms with Crippen LogP contribution in [0.1, 0.15) is 18.4 Å². The standard InChI is InChI=1S/C24H27N5O2/c30-21-8-4-7-19(12-21)23-16-29(27-26-23)14-20-11-18-9-10-28(20)15-22(18)24(31)25-13-17-5-2-1-3-6-17/h1-8,12,16,18,20,22,30H,9-11,13-15H2,(H,25,31)/t18-,20+,22-/m0/s1. The highest BCUT2D eigenvalue weighted by molar-refractivity contribution is 5.79. The zero-order chi connectivity index (χ0) is 21.2. The van der Waals surface area contributed by atoms with Crippen molar-refractivity contribution in [3.63, 3.8) is 0 Å². The first-order valence-electron chi connectivity index (χ1n) is 10.9. The number of hydrogen-bond acceptors (Lipinski definition) is 5. The lowest BCUT2D eigenvalue weighted by molar-refractivity contribution is -0.133. The number of carbonyl (C=O) groups is 1. The van der Waals surface area contributed by atoms with E-state index < -0.39 is 0 Å². The number of nitrogens with one attached hydrogen (secondary N) is 1. The zero-order valence-corrected chi connectivity index (χ0v) is 17.4. The van der Waals surface area contributed by atoms with Gasteiger partial charge in [-0.1, -0.05) is 47.7 Å². The Morgan fingerprint density at radius 3 is 2.81 bits per heavy atom. The van der Waals surface area contributed by atoms with Crippen molar-refractivity contribution in [3.8, 4) is 17.0 Å². The van der Waals surface area contributed by atoms with Gasteiger partial charge in [0.05, 0.1) is 18.7 Å². The Kier molecular flexibility index (Phi) is 5.42. The number of amides is 1. The molecule has 0 saturated carbocycles. The maximum atomic E-state index is 12.8. The summed E-state index contributed by atoms with van der Waals surface area (Å²) < 4.78 is 1.88. The van der Waals surface area contributed by atoms with Crippen LogP contribution in [0.4, 0.5) is 0 Å². The highest BCUT2D eigenvalue weighted by Crippen LogP contribution is 2.37. The van der Waals surface area contributed by atoms with Crippen LogP contribution in [-0.2, 0) is 17.9 Å². The molecule has 2 N–H and O–H groups in total. The summed E-state index contributed by atoms with van der Waals surface area (Å²) in [5.41, 5.74) is 2.74. The van der Waals surface area contributed by atoms with Crippen LogP contribution in [0, 0.1) is 11.8 Å². The first kappa shape index (κ1) is 19.8. The number of fused-ring (bicyclic) bond motifs is 3. The molecular formula is C24H27N5O2. The van der Waals surface area contributed by atoms with Gasteiger partial charge in [0, 0.05) is 24.7 Å². The van der Waals surface area contributed by atoms with Crippen LogP contribution in [0.25, 0.3) is 11.3 Å². The molecule has 31 heavy (non-hydrogen) atoms. The van der Waals surface area contributed by atoms with Crippen LogP contribution in [0.5, 0.6) is 5.75 Å². The molecule has 6 rings (SSSR count). The number of rotatable bonds is 6. The van der Waals surface area contributed by atoms with Crippen LogP contribution >= 0.6 is 0 Å². The van der Waals surface area contributed by atoms with Crippen molar-refractivity contribution in [2.45, 2.75) is 32.0 Å². The Bertz CT molecular complexity index is 1050. The monoisotopic (exact) mass is 417 g/mol. The molecule has 3 saturated heterocycles. The van der Waals surface area contributed by atoms with Crippen molar-refractivity contribution in [2.75, 3.05) is 13.1 Å². The van der Waals surface area contributed by atoms with Gasteiger partial charge in [0.15, 0.2) is 0 Å². The topological polar surface area (TPSA) is 83.3 Å². The van der Waals surface area contributed by atoms with Crippen LogP contribution in [0.2, 0.25) is 0 Å². The number of benzene rings is 2. The van der Waals surface area contributed by atoms with E-state index in [-0.39, 0.29) is 17.6 Å². The summed E-state index contributed by atoms with van der Waals surface area (Å²) >= 11 is 0. The summed E-state index contributed by atoms with van der Waals surface area (Å²) in [5.74, 6) is 0.871. The second-order valence-corrected chi connectivity index (χ2v) is 8.62. The van der Waals surface area contributed by atoms with Crippen LogP contribution in [0.15, 0.2) is 60.8 Å². The predicted octanol–water partition coefficient (Wildman–Crippen LogP) is 2.68. The smallest absolute Gasteiger partial charge is 0.224 e. The molecule has 1 aromatic heterocycles. The fraction of sp³-hybridized carbons (Fsp3) is 0.375. The highest BCUT2D eigenvalue weighted by atomic mass is 16.3. The van der Waals surface area contributed by atoms with Gasteiger partial charge >= 0.3 is 0 Å². The SMILES string of the molecule is O=C(NCc1ccccc1)[C@H]1CN2CC[C@H]1C[C@@H]2Cn1cc(-c2cccc(O)c2)nn1. The van der Waals surface area contributed by atoms with Gasteiger partial charge < -0.3 is 10.4 Å². The largest absolute Gasteiger partial charge is 0.508 e. The van der Waals surface area contributed by atoms with E-state index in [1.54, 1.807) is 18.2 Å². The van der Waals surface area contributed by atoms with Gasteiger partial charge in [0.25, 0.3) is 0 Å². The van der Waals surface area contributed by atoms with Gasteiger partial charge in [0.1, 0.15) is 11.4 Å². The molecule has 0 spiro atoms. The fourth-order valence-corrected chi connectivity index (χ4v) is 4.94. The third-order valence-electron chi connectivity index (χ3n) is 6.60. The van der Waals surface area contributed by atoms with E-state index in [1.807, 2.05) is 47.3 Å². The zero-order valence-electron chi connectivity index (χ0n) is 17.4. The van der Waals surface area contributed by atoms with Gasteiger partial charge in [-0.05, 0) is 43.0 Å². The normalized spacial score (nSPS) is 24.8. The number of phenolic OH excluding ortho intramolecular Hbond substituents is 1. The van der Waals surface area contributed by atoms with Gasteiger partial charge in [-0.2, -0.15) is 0 Å². The molecule has 7 nitrogen and oxygen atoms in total. The molecule has 4 atom stereocenters. The molecule has 160 valence electrons. The van der Waals surface area contributed by atoms with Gasteiger partial charge in [-0.3, -0.25) is 14.4 Å². The first-order valence-corrected chi connectivity index (χ1v) is 10.9. The van der Waals surface area contributed by atoms with Gasteiger partial charge in [-0.15, -0.1) is 5.10 Å². The van der Waals surface area contributed by atoms with E-state index in [0.29, 0.717) is 18.5 Å². The second kappa shape index (κ2) is 8.51. The van der Waals surface area contributed by atoms with Gasteiger partial charge in [0.2, 0.25) is 5.91 Å². The number of phenols is 1. The molecule has 3 aromatic rings. The third-order valence-corrected chi connectivity index (χ3v) is 6.60. The summed E-state index contributed by atoms with van der Waals surface area (Å²) in [7, 11) is 0. The Balaban J connectivity index is 1.19.